The number of nitrogens with zero attached hydrogens (tertiary/aromatic N) is 1. The smallest absolute Gasteiger partial charge is 0.257 e. The molecule has 0 unspecified atom stereocenters. The van der Waals surface area contributed by atoms with Crippen molar-refractivity contribution in [2.24, 2.45) is 0 Å². The average molecular weight is 374 g/mol. The lowest BCUT2D eigenvalue weighted by atomic mass is 10.2. The van der Waals surface area contributed by atoms with Gasteiger partial charge in [0.05, 0.1) is 22.3 Å². The standard InChI is InChI=1S/C19H22N2O4S/c1-25-13-14-10-15(12-20-11-14)19(22)21-16-6-8-18(9-7-16)26(23,24)17-4-2-3-5-17/h6-12,17H,2-5,13H2,1H3,(H,21,22). The monoisotopic (exact) mass is 374 g/mol. The molecular weight excluding hydrogens is 352 g/mol. The lowest BCUT2D eigenvalue weighted by molar-refractivity contribution is 0.102. The maximum Gasteiger partial charge on any atom is 0.257 e. The second-order valence-electron chi connectivity index (χ2n) is 6.44. The van der Waals surface area contributed by atoms with E-state index in [0.717, 1.165) is 31.2 Å². The highest BCUT2D eigenvalue weighted by molar-refractivity contribution is 7.92. The van der Waals surface area contributed by atoms with Crippen LogP contribution in [-0.4, -0.2) is 31.7 Å². The van der Waals surface area contributed by atoms with Gasteiger partial charge in [0.25, 0.3) is 5.91 Å². The molecule has 0 atom stereocenters. The molecule has 1 aliphatic rings. The third-order valence-corrected chi connectivity index (χ3v) is 6.83. The van der Waals surface area contributed by atoms with Gasteiger partial charge in [-0.25, -0.2) is 8.42 Å². The Morgan fingerprint density at radius 1 is 1.19 bits per heavy atom. The fourth-order valence-electron chi connectivity index (χ4n) is 3.18. The Hall–Kier alpha value is -2.25. The van der Waals surface area contributed by atoms with E-state index in [9.17, 15) is 13.2 Å². The first-order chi connectivity index (χ1) is 12.5. The summed E-state index contributed by atoms with van der Waals surface area (Å²) in [6.07, 6.45) is 6.51. The van der Waals surface area contributed by atoms with Crippen LogP contribution >= 0.6 is 0 Å². The van der Waals surface area contributed by atoms with Crippen LogP contribution < -0.4 is 5.32 Å². The lowest BCUT2D eigenvalue weighted by Gasteiger charge is -2.12. The lowest BCUT2D eigenvalue weighted by Crippen LogP contribution is -2.18. The summed E-state index contributed by atoms with van der Waals surface area (Å²) in [7, 11) is -1.71. The van der Waals surface area contributed by atoms with Crippen LogP contribution in [0.2, 0.25) is 0 Å². The highest BCUT2D eigenvalue weighted by Gasteiger charge is 2.30. The first-order valence-electron chi connectivity index (χ1n) is 8.59. The van der Waals surface area contributed by atoms with Crippen molar-refractivity contribution in [3.05, 3.63) is 53.9 Å². The van der Waals surface area contributed by atoms with Gasteiger partial charge in [-0.1, -0.05) is 12.8 Å². The summed E-state index contributed by atoms with van der Waals surface area (Å²) in [5.74, 6) is -0.304. The van der Waals surface area contributed by atoms with Gasteiger partial charge in [0.2, 0.25) is 0 Å². The Labute approximate surface area is 153 Å². The molecule has 0 aliphatic heterocycles. The van der Waals surface area contributed by atoms with Crippen LogP contribution in [0.1, 0.15) is 41.6 Å². The summed E-state index contributed by atoms with van der Waals surface area (Å²) in [5.41, 5.74) is 1.76. The molecule has 1 saturated carbocycles. The van der Waals surface area contributed by atoms with E-state index in [-0.39, 0.29) is 11.2 Å². The second-order valence-corrected chi connectivity index (χ2v) is 8.67. The minimum Gasteiger partial charge on any atom is -0.380 e. The molecule has 1 aromatic heterocycles. The maximum absolute atomic E-state index is 12.6. The van der Waals surface area contributed by atoms with E-state index in [1.165, 1.54) is 6.20 Å². The molecule has 0 bridgehead atoms. The molecule has 2 aromatic rings. The fourth-order valence-corrected chi connectivity index (χ4v) is 5.03. The van der Waals surface area contributed by atoms with Gasteiger partial charge in [0.1, 0.15) is 0 Å². The van der Waals surface area contributed by atoms with Crippen LogP contribution in [0.25, 0.3) is 0 Å². The van der Waals surface area contributed by atoms with Crippen LogP contribution in [0.3, 0.4) is 0 Å². The third-order valence-electron chi connectivity index (χ3n) is 4.55. The molecule has 6 nitrogen and oxygen atoms in total. The number of anilines is 1. The van der Waals surface area contributed by atoms with Crippen molar-refractivity contribution < 1.29 is 17.9 Å². The Morgan fingerprint density at radius 3 is 2.54 bits per heavy atom. The van der Waals surface area contributed by atoms with Gasteiger partial charge >= 0.3 is 0 Å². The number of sulfone groups is 1. The van der Waals surface area contributed by atoms with Crippen LogP contribution in [-0.2, 0) is 21.2 Å². The number of rotatable bonds is 6. The van der Waals surface area contributed by atoms with Crippen molar-refractivity contribution in [1.82, 2.24) is 4.98 Å². The van der Waals surface area contributed by atoms with Gasteiger partial charge in [-0.15, -0.1) is 0 Å². The molecule has 1 heterocycles. The summed E-state index contributed by atoms with van der Waals surface area (Å²) < 4.78 is 30.2. The van der Waals surface area contributed by atoms with Gasteiger partial charge in [0.15, 0.2) is 9.84 Å². The van der Waals surface area contributed by atoms with Crippen LogP contribution in [0, 0.1) is 0 Å². The maximum atomic E-state index is 12.6. The molecule has 0 saturated heterocycles. The van der Waals surface area contributed by atoms with Gasteiger partial charge < -0.3 is 10.1 Å². The summed E-state index contributed by atoms with van der Waals surface area (Å²) in [4.78, 5) is 16.7. The number of nitrogens with one attached hydrogen (secondary N) is 1. The van der Waals surface area contributed by atoms with Gasteiger partial charge in [0, 0.05) is 25.2 Å². The van der Waals surface area contributed by atoms with Crippen molar-refractivity contribution in [2.75, 3.05) is 12.4 Å². The van der Waals surface area contributed by atoms with E-state index >= 15 is 0 Å². The molecule has 1 amide bonds. The van der Waals surface area contributed by atoms with Crippen LogP contribution in [0.5, 0.6) is 0 Å². The third kappa shape index (κ3) is 4.11. The normalized spacial score (nSPS) is 15.1. The quantitative estimate of drug-likeness (QED) is 0.839. The van der Waals surface area contributed by atoms with E-state index in [4.69, 9.17) is 4.74 Å². The second kappa shape index (κ2) is 7.97. The minimum absolute atomic E-state index is 0.280. The largest absolute Gasteiger partial charge is 0.380 e. The summed E-state index contributed by atoms with van der Waals surface area (Å²) >= 11 is 0. The number of hydrogen-bond acceptors (Lipinski definition) is 5. The molecule has 7 heteroatoms. The molecule has 1 aliphatic carbocycles. The molecule has 138 valence electrons. The number of hydrogen-bond donors (Lipinski definition) is 1. The molecule has 1 N–H and O–H groups in total. The number of carbonyl (C=O) groups excluding carboxylic acids is 1. The summed E-state index contributed by atoms with van der Waals surface area (Å²) in [6, 6.07) is 8.06. The van der Waals surface area contributed by atoms with Crippen LogP contribution in [0.4, 0.5) is 5.69 Å². The van der Waals surface area contributed by atoms with E-state index in [1.807, 2.05) is 0 Å². The van der Waals surface area contributed by atoms with E-state index in [2.05, 4.69) is 10.3 Å². The van der Waals surface area contributed by atoms with Gasteiger partial charge in [-0.05, 0) is 48.7 Å². The zero-order chi connectivity index (χ0) is 18.6. The molecule has 1 fully saturated rings. The van der Waals surface area contributed by atoms with Gasteiger partial charge in [-0.2, -0.15) is 0 Å². The summed E-state index contributed by atoms with van der Waals surface area (Å²) in [5, 5.41) is 2.48. The number of aromatic nitrogens is 1. The van der Waals surface area contributed by atoms with Gasteiger partial charge in [-0.3, -0.25) is 9.78 Å². The zero-order valence-corrected chi connectivity index (χ0v) is 15.5. The predicted octanol–water partition coefficient (Wildman–Crippen LogP) is 3.20. The average Bonchev–Trinajstić information content (AvgIpc) is 3.18. The fraction of sp³-hybridized carbons (Fsp3) is 0.368. The van der Waals surface area contributed by atoms with Crippen molar-refractivity contribution >= 4 is 21.4 Å². The molecule has 26 heavy (non-hydrogen) atoms. The van der Waals surface area contributed by atoms with Crippen LogP contribution in [0.15, 0.2) is 47.6 Å². The number of carbonyl (C=O) groups is 1. The number of benzene rings is 1. The first-order valence-corrected chi connectivity index (χ1v) is 10.1. The highest BCUT2D eigenvalue weighted by Crippen LogP contribution is 2.30. The number of methoxy groups -OCH3 is 1. The summed E-state index contributed by atoms with van der Waals surface area (Å²) in [6.45, 7) is 0.377. The van der Waals surface area contributed by atoms with E-state index < -0.39 is 9.84 Å². The molecule has 0 spiro atoms. The Balaban J connectivity index is 1.71. The Morgan fingerprint density at radius 2 is 1.88 bits per heavy atom. The van der Waals surface area contributed by atoms with Crippen molar-refractivity contribution in [3.8, 4) is 0 Å². The Bertz CT molecular complexity index is 873. The topological polar surface area (TPSA) is 85.4 Å². The Kier molecular flexibility index (Phi) is 5.68. The van der Waals surface area contributed by atoms with E-state index in [1.54, 1.807) is 43.6 Å². The zero-order valence-electron chi connectivity index (χ0n) is 14.6. The highest BCUT2D eigenvalue weighted by atomic mass is 32.2. The SMILES string of the molecule is COCc1cncc(C(=O)Nc2ccc(S(=O)(=O)C3CCCC3)cc2)c1. The minimum atomic E-state index is -3.28. The number of pyridine rings is 1. The van der Waals surface area contributed by atoms with Crippen molar-refractivity contribution in [1.29, 1.82) is 0 Å². The molecule has 3 rings (SSSR count). The van der Waals surface area contributed by atoms with Crippen molar-refractivity contribution in [3.63, 3.8) is 0 Å². The van der Waals surface area contributed by atoms with E-state index in [0.29, 0.717) is 22.8 Å². The number of amides is 1. The molecule has 0 radical (unpaired) electrons. The first kappa shape index (κ1) is 18.5. The number of ether oxygens (including phenoxy) is 1. The predicted molar refractivity (Wildman–Crippen MR) is 98.8 cm³/mol. The van der Waals surface area contributed by atoms with Crippen molar-refractivity contribution in [2.45, 2.75) is 42.4 Å². The molecular formula is C19H22N2O4S. The molecule has 1 aromatic carbocycles.